The maximum absolute atomic E-state index is 12.5. The van der Waals surface area contributed by atoms with Crippen molar-refractivity contribution < 1.29 is 17.9 Å². The molecule has 6 nitrogen and oxygen atoms in total. The summed E-state index contributed by atoms with van der Waals surface area (Å²) >= 11 is 0. The summed E-state index contributed by atoms with van der Waals surface area (Å²) in [7, 11) is -2.60. The van der Waals surface area contributed by atoms with E-state index in [1.54, 1.807) is 0 Å². The third-order valence-electron chi connectivity index (χ3n) is 3.15. The molecule has 0 saturated heterocycles. The van der Waals surface area contributed by atoms with E-state index in [0.29, 0.717) is 13.0 Å². The summed E-state index contributed by atoms with van der Waals surface area (Å²) < 4.78 is 30.9. The van der Waals surface area contributed by atoms with Crippen molar-refractivity contribution in [3.63, 3.8) is 0 Å². The predicted molar refractivity (Wildman–Crippen MR) is 80.9 cm³/mol. The summed E-state index contributed by atoms with van der Waals surface area (Å²) in [5.41, 5.74) is 6.32. The molecule has 0 radical (unpaired) electrons. The standard InChI is InChI=1S/C14H22N2O4S/c1-12(14(17)20-2)21(18,19)16(10-6-9-15)11-13-7-4-3-5-8-13/h3-5,7-8,12H,6,9-11,15H2,1-2H3. The Hall–Kier alpha value is -1.44. The van der Waals surface area contributed by atoms with Gasteiger partial charge in [0, 0.05) is 13.1 Å². The number of ether oxygens (including phenoxy) is 1. The fourth-order valence-electron chi connectivity index (χ4n) is 1.86. The Morgan fingerprint density at radius 3 is 2.48 bits per heavy atom. The van der Waals surface area contributed by atoms with E-state index in [1.807, 2.05) is 30.3 Å². The zero-order valence-corrected chi connectivity index (χ0v) is 13.2. The highest BCUT2D eigenvalue weighted by Gasteiger charge is 2.34. The van der Waals surface area contributed by atoms with Gasteiger partial charge in [0.25, 0.3) is 0 Å². The first-order chi connectivity index (χ1) is 9.93. The van der Waals surface area contributed by atoms with Gasteiger partial charge in [-0.3, -0.25) is 4.79 Å². The molecule has 1 unspecified atom stereocenters. The van der Waals surface area contributed by atoms with Crippen molar-refractivity contribution in [2.24, 2.45) is 5.73 Å². The van der Waals surface area contributed by atoms with Crippen LogP contribution in [0, 0.1) is 0 Å². The summed E-state index contributed by atoms with van der Waals surface area (Å²) in [6.07, 6.45) is 0.528. The second-order valence-corrected chi connectivity index (χ2v) is 6.93. The number of hydrogen-bond donors (Lipinski definition) is 1. The van der Waals surface area contributed by atoms with E-state index in [9.17, 15) is 13.2 Å². The molecule has 7 heteroatoms. The molecule has 1 aromatic carbocycles. The van der Waals surface area contributed by atoms with Gasteiger partial charge in [0.2, 0.25) is 10.0 Å². The van der Waals surface area contributed by atoms with Crippen molar-refractivity contribution in [2.45, 2.75) is 25.1 Å². The van der Waals surface area contributed by atoms with Crippen LogP contribution in [0.4, 0.5) is 0 Å². The molecule has 1 aromatic rings. The molecule has 118 valence electrons. The number of hydrogen-bond acceptors (Lipinski definition) is 5. The van der Waals surface area contributed by atoms with E-state index >= 15 is 0 Å². The van der Waals surface area contributed by atoms with E-state index in [4.69, 9.17) is 5.73 Å². The lowest BCUT2D eigenvalue weighted by Gasteiger charge is -2.24. The van der Waals surface area contributed by atoms with Gasteiger partial charge in [0.15, 0.2) is 5.25 Å². The van der Waals surface area contributed by atoms with Gasteiger partial charge in [-0.15, -0.1) is 0 Å². The molecular weight excluding hydrogens is 292 g/mol. The first-order valence-electron chi connectivity index (χ1n) is 6.74. The van der Waals surface area contributed by atoms with Crippen molar-refractivity contribution >= 4 is 16.0 Å². The largest absolute Gasteiger partial charge is 0.468 e. The minimum absolute atomic E-state index is 0.213. The molecule has 2 N–H and O–H groups in total. The lowest BCUT2D eigenvalue weighted by molar-refractivity contribution is -0.139. The molecule has 0 fully saturated rings. The van der Waals surface area contributed by atoms with E-state index in [2.05, 4.69) is 4.74 Å². The smallest absolute Gasteiger partial charge is 0.325 e. The second-order valence-electron chi connectivity index (χ2n) is 4.67. The Balaban J connectivity index is 2.98. The molecule has 0 aliphatic rings. The molecule has 0 spiro atoms. The Morgan fingerprint density at radius 1 is 1.33 bits per heavy atom. The number of nitrogens with two attached hydrogens (primary N) is 1. The maximum atomic E-state index is 12.5. The molecule has 0 saturated carbocycles. The van der Waals surface area contributed by atoms with Crippen molar-refractivity contribution in [2.75, 3.05) is 20.2 Å². The molecule has 1 rings (SSSR count). The minimum Gasteiger partial charge on any atom is -0.468 e. The first-order valence-corrected chi connectivity index (χ1v) is 8.24. The third kappa shape index (κ3) is 4.80. The molecule has 0 bridgehead atoms. The summed E-state index contributed by atoms with van der Waals surface area (Å²) in [5.74, 6) is -0.763. The van der Waals surface area contributed by atoms with Crippen LogP contribution in [0.1, 0.15) is 18.9 Å². The van der Waals surface area contributed by atoms with E-state index in [0.717, 1.165) is 5.56 Å². The van der Waals surface area contributed by atoms with E-state index in [1.165, 1.54) is 18.3 Å². The highest BCUT2D eigenvalue weighted by molar-refractivity contribution is 7.90. The summed E-state index contributed by atoms with van der Waals surface area (Å²) in [4.78, 5) is 11.5. The number of methoxy groups -OCH3 is 1. The molecule has 0 aliphatic carbocycles. The maximum Gasteiger partial charge on any atom is 0.325 e. The average Bonchev–Trinajstić information content (AvgIpc) is 2.50. The summed E-state index contributed by atoms with van der Waals surface area (Å²) in [6.45, 7) is 2.20. The van der Waals surface area contributed by atoms with Gasteiger partial charge in [-0.25, -0.2) is 8.42 Å². The number of nitrogens with zero attached hydrogens (tertiary/aromatic N) is 1. The van der Waals surface area contributed by atoms with Crippen LogP contribution < -0.4 is 5.73 Å². The summed E-state index contributed by atoms with van der Waals surface area (Å²) in [5, 5.41) is -1.23. The number of sulfonamides is 1. The van der Waals surface area contributed by atoms with Gasteiger partial charge in [-0.2, -0.15) is 4.31 Å². The second kappa shape index (κ2) is 8.11. The van der Waals surface area contributed by atoms with Crippen LogP contribution in [0.15, 0.2) is 30.3 Å². The third-order valence-corrected chi connectivity index (χ3v) is 5.27. The number of esters is 1. The van der Waals surface area contributed by atoms with Crippen molar-refractivity contribution in [3.05, 3.63) is 35.9 Å². The van der Waals surface area contributed by atoms with Crippen LogP contribution in [-0.2, 0) is 26.1 Å². The number of carbonyl (C=O) groups excluding carboxylic acids is 1. The van der Waals surface area contributed by atoms with Crippen LogP contribution in [-0.4, -0.2) is 44.1 Å². The first kappa shape index (κ1) is 17.6. The molecule has 21 heavy (non-hydrogen) atoms. The lowest BCUT2D eigenvalue weighted by atomic mass is 10.2. The average molecular weight is 314 g/mol. The molecule has 0 aromatic heterocycles. The monoisotopic (exact) mass is 314 g/mol. The zero-order valence-electron chi connectivity index (χ0n) is 12.4. The molecule has 0 heterocycles. The fraction of sp³-hybridized carbons (Fsp3) is 0.500. The topological polar surface area (TPSA) is 89.7 Å². The Bertz CT molecular complexity index is 545. The van der Waals surface area contributed by atoms with Crippen molar-refractivity contribution in [1.29, 1.82) is 0 Å². The van der Waals surface area contributed by atoms with Gasteiger partial charge in [-0.05, 0) is 25.5 Å². The molecule has 0 amide bonds. The van der Waals surface area contributed by atoms with Gasteiger partial charge in [-0.1, -0.05) is 30.3 Å². The van der Waals surface area contributed by atoms with Crippen molar-refractivity contribution in [3.8, 4) is 0 Å². The van der Waals surface area contributed by atoms with Gasteiger partial charge in [0.05, 0.1) is 7.11 Å². The fourth-order valence-corrected chi connectivity index (χ4v) is 3.36. The predicted octanol–water partition coefficient (Wildman–Crippen LogP) is 0.729. The van der Waals surface area contributed by atoms with Crippen LogP contribution in [0.2, 0.25) is 0 Å². The van der Waals surface area contributed by atoms with Gasteiger partial charge in [0.1, 0.15) is 0 Å². The lowest BCUT2D eigenvalue weighted by Crippen LogP contribution is -2.42. The molecule has 0 aliphatic heterocycles. The number of rotatable bonds is 8. The Kier molecular flexibility index (Phi) is 6.80. The van der Waals surface area contributed by atoms with Crippen LogP contribution in [0.5, 0.6) is 0 Å². The Morgan fingerprint density at radius 2 is 1.95 bits per heavy atom. The van der Waals surface area contributed by atoms with E-state index in [-0.39, 0.29) is 13.1 Å². The quantitative estimate of drug-likeness (QED) is 0.714. The molecule has 1 atom stereocenters. The van der Waals surface area contributed by atoms with Gasteiger partial charge >= 0.3 is 5.97 Å². The molecular formula is C14H22N2O4S. The summed E-state index contributed by atoms with van der Waals surface area (Å²) in [6, 6.07) is 9.22. The van der Waals surface area contributed by atoms with Crippen molar-refractivity contribution in [1.82, 2.24) is 4.31 Å². The van der Waals surface area contributed by atoms with Gasteiger partial charge < -0.3 is 10.5 Å². The van der Waals surface area contributed by atoms with Crippen LogP contribution in [0.3, 0.4) is 0 Å². The van der Waals surface area contributed by atoms with Crippen LogP contribution in [0.25, 0.3) is 0 Å². The normalized spacial score (nSPS) is 13.1. The Labute approximate surface area is 125 Å². The number of benzene rings is 1. The highest BCUT2D eigenvalue weighted by atomic mass is 32.2. The van der Waals surface area contributed by atoms with Crippen LogP contribution >= 0.6 is 0 Å². The SMILES string of the molecule is COC(=O)C(C)S(=O)(=O)N(CCCN)Cc1ccccc1. The highest BCUT2D eigenvalue weighted by Crippen LogP contribution is 2.15. The zero-order chi connectivity index (χ0) is 15.9. The number of carbonyl (C=O) groups is 1. The van der Waals surface area contributed by atoms with E-state index < -0.39 is 21.2 Å². The minimum atomic E-state index is -3.78.